The molecule has 0 bridgehead atoms. The Balaban J connectivity index is 2.47. The first-order valence-corrected chi connectivity index (χ1v) is 5.23. The summed E-state index contributed by atoms with van der Waals surface area (Å²) < 4.78 is 5.13. The van der Waals surface area contributed by atoms with Crippen LogP contribution in [0.5, 0.6) is 0 Å². The van der Waals surface area contributed by atoms with E-state index in [-0.39, 0.29) is 0 Å². The smallest absolute Gasteiger partial charge is 0.150 e. The lowest BCUT2D eigenvalue weighted by Gasteiger charge is -2.02. The molecule has 0 N–H and O–H groups in total. The van der Waals surface area contributed by atoms with Crippen molar-refractivity contribution < 1.29 is 4.52 Å². The monoisotopic (exact) mass is 231 g/mol. The molecule has 0 fully saturated rings. The summed E-state index contributed by atoms with van der Waals surface area (Å²) in [6.45, 7) is 4.12. The molecule has 12 heavy (non-hydrogen) atoms. The Morgan fingerprint density at radius 1 is 1.67 bits per heavy atom. The second kappa shape index (κ2) is 4.65. The number of aryl methyl sites for hydroxylation is 1. The van der Waals surface area contributed by atoms with E-state index in [1.807, 2.05) is 13.0 Å². The molecule has 0 saturated heterocycles. The van der Waals surface area contributed by atoms with Crippen molar-refractivity contribution in [3.63, 3.8) is 0 Å². The van der Waals surface area contributed by atoms with Gasteiger partial charge in [-0.1, -0.05) is 40.9 Å². The average Bonchev–Trinajstić information content (AvgIpc) is 2.47. The molecule has 0 amide bonds. The molecule has 1 atom stereocenters. The van der Waals surface area contributed by atoms with Crippen LogP contribution in [0.3, 0.4) is 0 Å². The van der Waals surface area contributed by atoms with Gasteiger partial charge in [-0.25, -0.2) is 0 Å². The molecule has 68 valence electrons. The van der Waals surface area contributed by atoms with Crippen molar-refractivity contribution in [2.75, 3.05) is 0 Å². The second-order valence-electron chi connectivity index (χ2n) is 2.98. The molecule has 0 aliphatic rings. The molecule has 2 nitrogen and oxygen atoms in total. The third-order valence-electron chi connectivity index (χ3n) is 1.77. The number of aromatic nitrogens is 1. The van der Waals surface area contributed by atoms with Crippen LogP contribution >= 0.6 is 15.9 Å². The molecule has 0 spiro atoms. The van der Waals surface area contributed by atoms with E-state index in [1.54, 1.807) is 0 Å². The molecular weight excluding hydrogens is 218 g/mol. The fourth-order valence-corrected chi connectivity index (χ4v) is 1.60. The number of rotatable bonds is 4. The molecule has 0 aliphatic carbocycles. The SMILES string of the molecule is CCCC[C@H](Br)c1cc(C)no1. The zero-order valence-corrected chi connectivity index (χ0v) is 9.10. The van der Waals surface area contributed by atoms with Crippen molar-refractivity contribution in [1.29, 1.82) is 0 Å². The van der Waals surface area contributed by atoms with Crippen LogP contribution < -0.4 is 0 Å². The van der Waals surface area contributed by atoms with E-state index in [9.17, 15) is 0 Å². The van der Waals surface area contributed by atoms with Gasteiger partial charge in [0.25, 0.3) is 0 Å². The zero-order chi connectivity index (χ0) is 8.97. The van der Waals surface area contributed by atoms with E-state index < -0.39 is 0 Å². The molecule has 0 aromatic carbocycles. The van der Waals surface area contributed by atoms with E-state index in [1.165, 1.54) is 12.8 Å². The Morgan fingerprint density at radius 3 is 2.92 bits per heavy atom. The predicted molar refractivity (Wildman–Crippen MR) is 52.4 cm³/mol. The van der Waals surface area contributed by atoms with Gasteiger partial charge in [0.05, 0.1) is 10.5 Å². The second-order valence-corrected chi connectivity index (χ2v) is 4.09. The van der Waals surface area contributed by atoms with Gasteiger partial charge in [-0.3, -0.25) is 0 Å². The Labute approximate surface area is 81.5 Å². The maximum absolute atomic E-state index is 5.13. The van der Waals surface area contributed by atoms with Crippen LogP contribution in [-0.2, 0) is 0 Å². The molecular formula is C9H14BrNO. The molecule has 1 aromatic heterocycles. The molecule has 1 rings (SSSR count). The minimum Gasteiger partial charge on any atom is -0.360 e. The lowest BCUT2D eigenvalue weighted by atomic mass is 10.2. The van der Waals surface area contributed by atoms with Gasteiger partial charge in [0.2, 0.25) is 0 Å². The number of alkyl halides is 1. The summed E-state index contributed by atoms with van der Waals surface area (Å²) in [5.74, 6) is 0.945. The third kappa shape index (κ3) is 2.63. The largest absolute Gasteiger partial charge is 0.360 e. The first kappa shape index (κ1) is 9.78. The van der Waals surface area contributed by atoms with Crippen LogP contribution in [0.1, 0.15) is 42.5 Å². The van der Waals surface area contributed by atoms with Crippen molar-refractivity contribution in [2.24, 2.45) is 0 Å². The van der Waals surface area contributed by atoms with Crippen molar-refractivity contribution in [2.45, 2.75) is 37.9 Å². The van der Waals surface area contributed by atoms with Gasteiger partial charge in [-0.05, 0) is 13.3 Å². The molecule has 0 unspecified atom stereocenters. The quantitative estimate of drug-likeness (QED) is 0.741. The molecule has 1 heterocycles. The van der Waals surface area contributed by atoms with Crippen LogP contribution in [0, 0.1) is 6.92 Å². The number of halogens is 1. The van der Waals surface area contributed by atoms with E-state index in [2.05, 4.69) is 28.0 Å². The van der Waals surface area contributed by atoms with Crippen molar-refractivity contribution in [3.8, 4) is 0 Å². The van der Waals surface area contributed by atoms with E-state index >= 15 is 0 Å². The summed E-state index contributed by atoms with van der Waals surface area (Å²) in [5, 5.41) is 3.84. The van der Waals surface area contributed by atoms with Gasteiger partial charge in [0, 0.05) is 6.07 Å². The lowest BCUT2D eigenvalue weighted by Crippen LogP contribution is -1.86. The molecule has 0 radical (unpaired) electrons. The Bertz CT molecular complexity index is 234. The van der Waals surface area contributed by atoms with Crippen molar-refractivity contribution >= 4 is 15.9 Å². The number of nitrogens with zero attached hydrogens (tertiary/aromatic N) is 1. The summed E-state index contributed by atoms with van der Waals surface area (Å²) >= 11 is 3.57. The van der Waals surface area contributed by atoms with Gasteiger partial charge in [0.1, 0.15) is 0 Å². The zero-order valence-electron chi connectivity index (χ0n) is 7.51. The van der Waals surface area contributed by atoms with Crippen LogP contribution in [0.25, 0.3) is 0 Å². The van der Waals surface area contributed by atoms with Gasteiger partial charge >= 0.3 is 0 Å². The van der Waals surface area contributed by atoms with E-state index in [4.69, 9.17) is 4.52 Å². The van der Waals surface area contributed by atoms with Crippen molar-refractivity contribution in [3.05, 3.63) is 17.5 Å². The number of hydrogen-bond acceptors (Lipinski definition) is 2. The van der Waals surface area contributed by atoms with Gasteiger partial charge < -0.3 is 4.52 Å². The normalized spacial score (nSPS) is 13.2. The predicted octanol–water partition coefficient (Wildman–Crippen LogP) is 3.61. The minimum atomic E-state index is 0.332. The Kier molecular flexibility index (Phi) is 3.79. The Morgan fingerprint density at radius 2 is 2.42 bits per heavy atom. The third-order valence-corrected chi connectivity index (χ3v) is 2.68. The van der Waals surface area contributed by atoms with Crippen LogP contribution in [-0.4, -0.2) is 5.16 Å². The van der Waals surface area contributed by atoms with Crippen LogP contribution in [0.15, 0.2) is 10.6 Å². The van der Waals surface area contributed by atoms with Crippen molar-refractivity contribution in [1.82, 2.24) is 5.16 Å². The number of unbranched alkanes of at least 4 members (excludes halogenated alkanes) is 1. The summed E-state index contributed by atoms with van der Waals surface area (Å²) in [6, 6.07) is 1.98. The van der Waals surface area contributed by atoms with Crippen LogP contribution in [0.4, 0.5) is 0 Å². The molecule has 0 aliphatic heterocycles. The Hall–Kier alpha value is -0.310. The summed E-state index contributed by atoms with van der Waals surface area (Å²) in [4.78, 5) is 0.332. The fraction of sp³-hybridized carbons (Fsp3) is 0.667. The first-order chi connectivity index (χ1) is 5.74. The summed E-state index contributed by atoms with van der Waals surface area (Å²) in [7, 11) is 0. The standard InChI is InChI=1S/C9H14BrNO/c1-3-4-5-8(10)9-6-7(2)11-12-9/h6,8H,3-5H2,1-2H3/t8-/m0/s1. The van der Waals surface area contributed by atoms with E-state index in [0.29, 0.717) is 4.83 Å². The molecule has 0 saturated carbocycles. The summed E-state index contributed by atoms with van der Waals surface area (Å²) in [6.07, 6.45) is 3.55. The summed E-state index contributed by atoms with van der Waals surface area (Å²) in [5.41, 5.74) is 0.950. The van der Waals surface area contributed by atoms with Gasteiger partial charge in [0.15, 0.2) is 5.76 Å². The topological polar surface area (TPSA) is 26.0 Å². The first-order valence-electron chi connectivity index (χ1n) is 4.31. The maximum atomic E-state index is 5.13. The van der Waals surface area contributed by atoms with E-state index in [0.717, 1.165) is 17.9 Å². The van der Waals surface area contributed by atoms with Crippen LogP contribution in [0.2, 0.25) is 0 Å². The van der Waals surface area contributed by atoms with Gasteiger partial charge in [-0.15, -0.1) is 0 Å². The molecule has 1 aromatic rings. The minimum absolute atomic E-state index is 0.332. The molecule has 3 heteroatoms. The lowest BCUT2D eigenvalue weighted by molar-refractivity contribution is 0.375. The number of hydrogen-bond donors (Lipinski definition) is 0. The highest BCUT2D eigenvalue weighted by Gasteiger charge is 2.11. The average molecular weight is 232 g/mol. The van der Waals surface area contributed by atoms with Gasteiger partial charge in [-0.2, -0.15) is 0 Å². The highest BCUT2D eigenvalue weighted by Crippen LogP contribution is 2.28. The highest BCUT2D eigenvalue weighted by atomic mass is 79.9. The highest BCUT2D eigenvalue weighted by molar-refractivity contribution is 9.09. The fourth-order valence-electron chi connectivity index (χ4n) is 1.06. The maximum Gasteiger partial charge on any atom is 0.150 e.